The van der Waals surface area contributed by atoms with Gasteiger partial charge < -0.3 is 20.7 Å². The lowest BCUT2D eigenvalue weighted by atomic mass is 10.3. The van der Waals surface area contributed by atoms with E-state index in [1.807, 2.05) is 12.1 Å². The highest BCUT2D eigenvalue weighted by atomic mass is 16.5. The molecule has 1 aromatic carbocycles. The van der Waals surface area contributed by atoms with Crippen molar-refractivity contribution < 1.29 is 9.53 Å². The molecule has 0 atom stereocenters. The summed E-state index contributed by atoms with van der Waals surface area (Å²) in [6, 6.07) is 10.8. The van der Waals surface area contributed by atoms with Gasteiger partial charge in [0.2, 0.25) is 0 Å². The van der Waals surface area contributed by atoms with Crippen LogP contribution in [-0.2, 0) is 0 Å². The molecule has 1 aromatic heterocycles. The molecule has 0 aliphatic heterocycles. The summed E-state index contributed by atoms with van der Waals surface area (Å²) in [5.41, 5.74) is 1.76. The summed E-state index contributed by atoms with van der Waals surface area (Å²) in [4.78, 5) is 15.7. The van der Waals surface area contributed by atoms with Crippen LogP contribution in [0.15, 0.2) is 48.8 Å². The van der Waals surface area contributed by atoms with Gasteiger partial charge in [-0.3, -0.25) is 4.98 Å². The number of hydrogen-bond acceptors (Lipinski definition) is 4. The minimum absolute atomic E-state index is 0.214. The standard InChI is InChI=1S/C16H20N4O2/c1-22-15-5-3-14(4-6-15)20-16(21)19-10-2-9-18-13-7-11-17-12-8-13/h3-8,11-12H,2,9-10H2,1H3,(H,17,18)(H2,19,20,21). The zero-order valence-corrected chi connectivity index (χ0v) is 12.5. The van der Waals surface area contributed by atoms with E-state index in [1.54, 1.807) is 43.8 Å². The second-order valence-electron chi connectivity index (χ2n) is 4.63. The van der Waals surface area contributed by atoms with Crippen LogP contribution in [-0.4, -0.2) is 31.2 Å². The monoisotopic (exact) mass is 300 g/mol. The van der Waals surface area contributed by atoms with Crippen LogP contribution in [0.5, 0.6) is 5.75 Å². The molecule has 0 aliphatic carbocycles. The third kappa shape index (κ3) is 5.32. The first-order valence-electron chi connectivity index (χ1n) is 7.11. The van der Waals surface area contributed by atoms with Gasteiger partial charge in [0.1, 0.15) is 5.75 Å². The van der Waals surface area contributed by atoms with Crippen molar-refractivity contribution in [1.82, 2.24) is 10.3 Å². The normalized spacial score (nSPS) is 9.86. The Morgan fingerprint density at radius 1 is 1.05 bits per heavy atom. The molecule has 0 bridgehead atoms. The number of carbonyl (C=O) groups is 1. The van der Waals surface area contributed by atoms with Crippen LogP contribution in [0.25, 0.3) is 0 Å². The number of benzene rings is 1. The molecule has 2 rings (SSSR count). The summed E-state index contributed by atoms with van der Waals surface area (Å²) in [5, 5.41) is 8.84. The van der Waals surface area contributed by atoms with Gasteiger partial charge in [0.05, 0.1) is 7.11 Å². The number of ether oxygens (including phenoxy) is 1. The highest BCUT2D eigenvalue weighted by molar-refractivity contribution is 5.89. The van der Waals surface area contributed by atoms with Crippen LogP contribution in [0.3, 0.4) is 0 Å². The van der Waals surface area contributed by atoms with E-state index in [0.29, 0.717) is 6.54 Å². The molecule has 6 nitrogen and oxygen atoms in total. The van der Waals surface area contributed by atoms with E-state index in [0.717, 1.165) is 30.1 Å². The molecule has 0 spiro atoms. The molecule has 0 unspecified atom stereocenters. The molecule has 0 aliphatic rings. The van der Waals surface area contributed by atoms with Crippen molar-refractivity contribution in [1.29, 1.82) is 0 Å². The van der Waals surface area contributed by atoms with Gasteiger partial charge in [-0.2, -0.15) is 0 Å². The third-order valence-corrected chi connectivity index (χ3v) is 3.00. The predicted molar refractivity (Wildman–Crippen MR) is 87.4 cm³/mol. The van der Waals surface area contributed by atoms with E-state index in [1.165, 1.54) is 0 Å². The molecule has 6 heteroatoms. The van der Waals surface area contributed by atoms with Gasteiger partial charge in [-0.1, -0.05) is 0 Å². The predicted octanol–water partition coefficient (Wildman–Crippen LogP) is 2.71. The zero-order chi connectivity index (χ0) is 15.6. The number of hydrogen-bond donors (Lipinski definition) is 3. The maximum absolute atomic E-state index is 11.7. The molecular formula is C16H20N4O2. The number of anilines is 2. The minimum Gasteiger partial charge on any atom is -0.497 e. The van der Waals surface area contributed by atoms with Crippen molar-refractivity contribution in [2.24, 2.45) is 0 Å². The fourth-order valence-corrected chi connectivity index (χ4v) is 1.84. The Kier molecular flexibility index (Phi) is 6.04. The molecule has 3 N–H and O–H groups in total. The Bertz CT molecular complexity index is 572. The number of amides is 2. The quantitative estimate of drug-likeness (QED) is 0.687. The number of methoxy groups -OCH3 is 1. The number of rotatable bonds is 7. The van der Waals surface area contributed by atoms with E-state index in [4.69, 9.17) is 4.74 Å². The molecule has 116 valence electrons. The van der Waals surface area contributed by atoms with Crippen molar-refractivity contribution >= 4 is 17.4 Å². The third-order valence-electron chi connectivity index (χ3n) is 3.00. The van der Waals surface area contributed by atoms with Crippen LogP contribution in [0.4, 0.5) is 16.2 Å². The fraction of sp³-hybridized carbons (Fsp3) is 0.250. The fourth-order valence-electron chi connectivity index (χ4n) is 1.84. The van der Waals surface area contributed by atoms with Crippen LogP contribution in [0, 0.1) is 0 Å². The Morgan fingerprint density at radius 2 is 1.77 bits per heavy atom. The van der Waals surface area contributed by atoms with Crippen molar-refractivity contribution in [2.45, 2.75) is 6.42 Å². The average Bonchev–Trinajstić information content (AvgIpc) is 2.56. The van der Waals surface area contributed by atoms with Gasteiger partial charge in [-0.15, -0.1) is 0 Å². The van der Waals surface area contributed by atoms with Gasteiger partial charge in [0.15, 0.2) is 0 Å². The summed E-state index contributed by atoms with van der Waals surface area (Å²) in [7, 11) is 1.61. The summed E-state index contributed by atoms with van der Waals surface area (Å²) in [5.74, 6) is 0.758. The molecule has 1 heterocycles. The Morgan fingerprint density at radius 3 is 2.45 bits per heavy atom. The summed E-state index contributed by atoms with van der Waals surface area (Å²) in [6.07, 6.45) is 4.31. The van der Waals surface area contributed by atoms with Gasteiger partial charge in [0.25, 0.3) is 0 Å². The lowest BCUT2D eigenvalue weighted by Gasteiger charge is -2.09. The number of nitrogens with one attached hydrogen (secondary N) is 3. The molecule has 0 saturated carbocycles. The average molecular weight is 300 g/mol. The van der Waals surface area contributed by atoms with E-state index in [2.05, 4.69) is 20.9 Å². The van der Waals surface area contributed by atoms with E-state index < -0.39 is 0 Å². The van der Waals surface area contributed by atoms with Gasteiger partial charge in [0, 0.05) is 36.9 Å². The van der Waals surface area contributed by atoms with Crippen molar-refractivity contribution in [2.75, 3.05) is 30.8 Å². The van der Waals surface area contributed by atoms with Crippen molar-refractivity contribution in [3.63, 3.8) is 0 Å². The highest BCUT2D eigenvalue weighted by Gasteiger charge is 2.01. The van der Waals surface area contributed by atoms with E-state index in [9.17, 15) is 4.79 Å². The molecule has 0 fully saturated rings. The lowest BCUT2D eigenvalue weighted by molar-refractivity contribution is 0.252. The van der Waals surface area contributed by atoms with E-state index in [-0.39, 0.29) is 6.03 Å². The van der Waals surface area contributed by atoms with Crippen molar-refractivity contribution in [3.8, 4) is 5.75 Å². The lowest BCUT2D eigenvalue weighted by Crippen LogP contribution is -2.30. The van der Waals surface area contributed by atoms with Gasteiger partial charge in [-0.05, 0) is 42.8 Å². The first kappa shape index (κ1) is 15.6. The topological polar surface area (TPSA) is 75.3 Å². The number of aromatic nitrogens is 1. The second kappa shape index (κ2) is 8.51. The van der Waals surface area contributed by atoms with Crippen molar-refractivity contribution in [3.05, 3.63) is 48.8 Å². The maximum atomic E-state index is 11.7. The van der Waals surface area contributed by atoms with E-state index >= 15 is 0 Å². The Labute approximate surface area is 129 Å². The highest BCUT2D eigenvalue weighted by Crippen LogP contribution is 2.14. The molecule has 0 radical (unpaired) electrons. The summed E-state index contributed by atoms with van der Waals surface area (Å²) in [6.45, 7) is 1.38. The van der Waals surface area contributed by atoms with Crippen LogP contribution in [0.1, 0.15) is 6.42 Å². The van der Waals surface area contributed by atoms with Crippen LogP contribution < -0.4 is 20.7 Å². The molecule has 22 heavy (non-hydrogen) atoms. The smallest absolute Gasteiger partial charge is 0.319 e. The Balaban J connectivity index is 1.61. The molecule has 2 amide bonds. The summed E-state index contributed by atoms with van der Waals surface area (Å²) < 4.78 is 5.06. The molecule has 2 aromatic rings. The van der Waals surface area contributed by atoms with Crippen LogP contribution >= 0.6 is 0 Å². The SMILES string of the molecule is COc1ccc(NC(=O)NCCCNc2ccncc2)cc1. The number of nitrogens with zero attached hydrogens (tertiary/aromatic N) is 1. The van der Waals surface area contributed by atoms with Gasteiger partial charge >= 0.3 is 6.03 Å². The first-order valence-corrected chi connectivity index (χ1v) is 7.11. The number of carbonyl (C=O) groups excluding carboxylic acids is 1. The maximum Gasteiger partial charge on any atom is 0.319 e. The largest absolute Gasteiger partial charge is 0.497 e. The molecular weight excluding hydrogens is 280 g/mol. The molecule has 0 saturated heterocycles. The number of urea groups is 1. The summed E-state index contributed by atoms with van der Waals surface area (Å²) >= 11 is 0. The zero-order valence-electron chi connectivity index (χ0n) is 12.5. The van der Waals surface area contributed by atoms with Crippen LogP contribution in [0.2, 0.25) is 0 Å². The second-order valence-corrected chi connectivity index (χ2v) is 4.63. The number of pyridine rings is 1. The Hall–Kier alpha value is -2.76. The minimum atomic E-state index is -0.214. The first-order chi connectivity index (χ1) is 10.8. The van der Waals surface area contributed by atoms with Gasteiger partial charge in [-0.25, -0.2) is 4.79 Å².